The summed E-state index contributed by atoms with van der Waals surface area (Å²) >= 11 is 0. The molecule has 1 aliphatic carbocycles. The van der Waals surface area contributed by atoms with Crippen molar-refractivity contribution in [3.05, 3.63) is 53.6 Å². The highest BCUT2D eigenvalue weighted by Crippen LogP contribution is 2.20. The quantitative estimate of drug-likeness (QED) is 0.784. The summed E-state index contributed by atoms with van der Waals surface area (Å²) in [6.45, 7) is 2.36. The second kappa shape index (κ2) is 6.75. The van der Waals surface area contributed by atoms with E-state index in [4.69, 9.17) is 6.42 Å². The van der Waals surface area contributed by atoms with Gasteiger partial charge in [-0.2, -0.15) is 4.31 Å². The molecule has 0 radical (unpaired) electrons. The molecule has 1 aromatic carbocycles. The molecular formula is C17H19NO2S. The minimum atomic E-state index is -3.55. The SMILES string of the molecule is C#CCN(CC1=CC=CCC1)S(=O)(=O)c1ccc(C)cc1. The van der Waals surface area contributed by atoms with Crippen molar-refractivity contribution in [1.82, 2.24) is 4.31 Å². The molecule has 0 saturated carbocycles. The van der Waals surface area contributed by atoms with E-state index in [-0.39, 0.29) is 11.4 Å². The van der Waals surface area contributed by atoms with Crippen LogP contribution in [-0.2, 0) is 10.0 Å². The molecule has 0 unspecified atom stereocenters. The van der Waals surface area contributed by atoms with Crippen LogP contribution >= 0.6 is 0 Å². The molecule has 4 heteroatoms. The third-order valence-corrected chi connectivity index (χ3v) is 5.21. The van der Waals surface area contributed by atoms with E-state index in [1.54, 1.807) is 24.3 Å². The first-order chi connectivity index (χ1) is 10.0. The van der Waals surface area contributed by atoms with Gasteiger partial charge in [-0.15, -0.1) is 6.42 Å². The number of benzene rings is 1. The van der Waals surface area contributed by atoms with Gasteiger partial charge in [-0.25, -0.2) is 8.42 Å². The van der Waals surface area contributed by atoms with Crippen LogP contribution in [0.4, 0.5) is 0 Å². The fraction of sp³-hybridized carbons (Fsp3) is 0.294. The highest BCUT2D eigenvalue weighted by molar-refractivity contribution is 7.89. The molecule has 1 aliphatic rings. The Labute approximate surface area is 127 Å². The Morgan fingerprint density at radius 2 is 2.00 bits per heavy atom. The van der Waals surface area contributed by atoms with Crippen LogP contribution < -0.4 is 0 Å². The molecule has 0 bridgehead atoms. The lowest BCUT2D eigenvalue weighted by Crippen LogP contribution is -2.33. The molecule has 110 valence electrons. The number of hydrogen-bond acceptors (Lipinski definition) is 2. The number of hydrogen-bond donors (Lipinski definition) is 0. The molecular weight excluding hydrogens is 282 g/mol. The highest BCUT2D eigenvalue weighted by Gasteiger charge is 2.24. The van der Waals surface area contributed by atoms with Crippen molar-refractivity contribution in [2.24, 2.45) is 0 Å². The van der Waals surface area contributed by atoms with E-state index in [2.05, 4.69) is 12.0 Å². The van der Waals surface area contributed by atoms with Gasteiger partial charge in [0.25, 0.3) is 0 Å². The molecule has 0 atom stereocenters. The summed E-state index contributed by atoms with van der Waals surface area (Å²) in [5.74, 6) is 2.45. The predicted octanol–water partition coefficient (Wildman–Crippen LogP) is 2.90. The average molecular weight is 301 g/mol. The summed E-state index contributed by atoms with van der Waals surface area (Å²) in [6.07, 6.45) is 13.2. The van der Waals surface area contributed by atoms with E-state index < -0.39 is 10.0 Å². The summed E-state index contributed by atoms with van der Waals surface area (Å²) in [6, 6.07) is 6.85. The Morgan fingerprint density at radius 1 is 1.29 bits per heavy atom. The molecule has 0 amide bonds. The predicted molar refractivity (Wildman–Crippen MR) is 85.2 cm³/mol. The first-order valence-corrected chi connectivity index (χ1v) is 8.33. The maximum absolute atomic E-state index is 12.7. The molecule has 3 nitrogen and oxygen atoms in total. The van der Waals surface area contributed by atoms with Crippen molar-refractivity contribution in [3.8, 4) is 12.3 Å². The van der Waals surface area contributed by atoms with E-state index >= 15 is 0 Å². The van der Waals surface area contributed by atoms with Gasteiger partial charge >= 0.3 is 0 Å². The van der Waals surface area contributed by atoms with E-state index in [1.807, 2.05) is 19.1 Å². The van der Waals surface area contributed by atoms with Crippen LogP contribution in [0.25, 0.3) is 0 Å². The Balaban J connectivity index is 2.28. The smallest absolute Gasteiger partial charge is 0.207 e. The summed E-state index contributed by atoms with van der Waals surface area (Å²) in [5, 5.41) is 0. The van der Waals surface area contributed by atoms with Crippen molar-refractivity contribution in [2.45, 2.75) is 24.7 Å². The molecule has 0 saturated heterocycles. The number of terminal acetylenes is 1. The zero-order chi connectivity index (χ0) is 15.3. The van der Waals surface area contributed by atoms with Crippen LogP contribution in [0, 0.1) is 19.3 Å². The van der Waals surface area contributed by atoms with Gasteiger partial charge in [0.05, 0.1) is 11.4 Å². The molecule has 0 aliphatic heterocycles. The summed E-state index contributed by atoms with van der Waals surface area (Å²) < 4.78 is 26.7. The van der Waals surface area contributed by atoms with Crippen LogP contribution in [0.2, 0.25) is 0 Å². The first kappa shape index (κ1) is 15.6. The van der Waals surface area contributed by atoms with Crippen molar-refractivity contribution in [1.29, 1.82) is 0 Å². The van der Waals surface area contributed by atoms with Crippen LogP contribution in [0.1, 0.15) is 18.4 Å². The summed E-state index contributed by atoms with van der Waals surface area (Å²) in [7, 11) is -3.55. The minimum absolute atomic E-state index is 0.0806. The third kappa shape index (κ3) is 3.84. The van der Waals surface area contributed by atoms with Crippen LogP contribution in [-0.4, -0.2) is 25.8 Å². The van der Waals surface area contributed by atoms with Gasteiger partial charge in [0.1, 0.15) is 0 Å². The fourth-order valence-corrected chi connectivity index (χ4v) is 3.56. The van der Waals surface area contributed by atoms with Crippen molar-refractivity contribution < 1.29 is 8.42 Å². The van der Waals surface area contributed by atoms with Gasteiger partial charge < -0.3 is 0 Å². The lowest BCUT2D eigenvalue weighted by Gasteiger charge is -2.22. The molecule has 21 heavy (non-hydrogen) atoms. The van der Waals surface area contributed by atoms with Gasteiger partial charge in [-0.1, -0.05) is 47.4 Å². The summed E-state index contributed by atoms with van der Waals surface area (Å²) in [4.78, 5) is 0.287. The zero-order valence-electron chi connectivity index (χ0n) is 12.1. The molecule has 0 fully saturated rings. The maximum atomic E-state index is 12.7. The van der Waals surface area contributed by atoms with Gasteiger partial charge in [0, 0.05) is 6.54 Å². The Morgan fingerprint density at radius 3 is 2.57 bits per heavy atom. The standard InChI is InChI=1S/C17H19NO2S/c1-3-13-18(14-16-7-5-4-6-8-16)21(19,20)17-11-9-15(2)10-12-17/h1,4-5,7,9-12H,6,8,13-14H2,2H3. The van der Waals surface area contributed by atoms with Crippen molar-refractivity contribution in [2.75, 3.05) is 13.1 Å². The van der Waals surface area contributed by atoms with Gasteiger partial charge in [-0.05, 0) is 31.9 Å². The molecule has 1 aromatic rings. The maximum Gasteiger partial charge on any atom is 0.244 e. The topological polar surface area (TPSA) is 37.4 Å². The number of nitrogens with zero attached hydrogens (tertiary/aromatic N) is 1. The zero-order valence-corrected chi connectivity index (χ0v) is 12.9. The monoisotopic (exact) mass is 301 g/mol. The van der Waals surface area contributed by atoms with E-state index in [9.17, 15) is 8.42 Å². The van der Waals surface area contributed by atoms with E-state index in [0.717, 1.165) is 24.0 Å². The largest absolute Gasteiger partial charge is 0.244 e. The van der Waals surface area contributed by atoms with Gasteiger partial charge in [0.15, 0.2) is 0 Å². The molecule has 0 spiro atoms. The molecule has 0 N–H and O–H groups in total. The lowest BCUT2D eigenvalue weighted by atomic mass is 10.1. The number of allylic oxidation sites excluding steroid dienone is 3. The number of aryl methyl sites for hydroxylation is 1. The molecule has 2 rings (SSSR count). The molecule has 0 heterocycles. The van der Waals surface area contributed by atoms with E-state index in [0.29, 0.717) is 6.54 Å². The Hall–Kier alpha value is -1.83. The van der Waals surface area contributed by atoms with Crippen LogP contribution in [0.3, 0.4) is 0 Å². The second-order valence-electron chi connectivity index (χ2n) is 5.08. The minimum Gasteiger partial charge on any atom is -0.207 e. The Kier molecular flexibility index (Phi) is 5.00. The van der Waals surface area contributed by atoms with Crippen LogP contribution in [0.5, 0.6) is 0 Å². The van der Waals surface area contributed by atoms with Crippen LogP contribution in [0.15, 0.2) is 53.0 Å². The average Bonchev–Trinajstić information content (AvgIpc) is 2.48. The lowest BCUT2D eigenvalue weighted by molar-refractivity contribution is 0.467. The number of rotatable bonds is 5. The van der Waals surface area contributed by atoms with Crippen molar-refractivity contribution >= 4 is 10.0 Å². The van der Waals surface area contributed by atoms with Gasteiger partial charge in [0.2, 0.25) is 10.0 Å². The molecule has 0 aromatic heterocycles. The highest BCUT2D eigenvalue weighted by atomic mass is 32.2. The summed E-state index contributed by atoms with van der Waals surface area (Å²) in [5.41, 5.74) is 2.11. The third-order valence-electron chi connectivity index (χ3n) is 3.41. The number of sulfonamides is 1. The Bertz CT molecular complexity index is 691. The normalized spacial score (nSPS) is 14.8. The van der Waals surface area contributed by atoms with Gasteiger partial charge in [-0.3, -0.25) is 0 Å². The van der Waals surface area contributed by atoms with Crippen molar-refractivity contribution in [3.63, 3.8) is 0 Å². The first-order valence-electron chi connectivity index (χ1n) is 6.89. The fourth-order valence-electron chi connectivity index (χ4n) is 2.20. The van der Waals surface area contributed by atoms with E-state index in [1.165, 1.54) is 4.31 Å². The second-order valence-corrected chi connectivity index (χ2v) is 7.02.